The van der Waals surface area contributed by atoms with Crippen LogP contribution < -0.4 is 0 Å². The van der Waals surface area contributed by atoms with Gasteiger partial charge in [-0.05, 0) is 23.6 Å². The largest absolute Gasteiger partial charge is 0.391 e. The molecule has 0 unspecified atom stereocenters. The normalized spacial score (nSPS) is 11.3. The van der Waals surface area contributed by atoms with Crippen molar-refractivity contribution in [2.75, 3.05) is 0 Å². The monoisotopic (exact) mass is 342 g/mol. The zero-order valence-corrected chi connectivity index (χ0v) is 13.2. The number of benzene rings is 1. The number of aliphatic hydroxyl groups excluding tert-OH is 1. The van der Waals surface area contributed by atoms with Gasteiger partial charge < -0.3 is 5.11 Å². The van der Waals surface area contributed by atoms with Crippen LogP contribution in [0.15, 0.2) is 28.7 Å². The molecule has 5 heteroatoms. The summed E-state index contributed by atoms with van der Waals surface area (Å²) in [4.78, 5) is 0. The lowest BCUT2D eigenvalue weighted by molar-refractivity contribution is 0.280. The van der Waals surface area contributed by atoms with Gasteiger partial charge in [0.2, 0.25) is 0 Å². The van der Waals surface area contributed by atoms with Crippen LogP contribution in [0.2, 0.25) is 5.15 Å². The third-order valence-electron chi connectivity index (χ3n) is 2.96. The van der Waals surface area contributed by atoms with Gasteiger partial charge in [-0.1, -0.05) is 53.5 Å². The van der Waals surface area contributed by atoms with Crippen molar-refractivity contribution in [3.63, 3.8) is 0 Å². The van der Waals surface area contributed by atoms with E-state index in [-0.39, 0.29) is 12.5 Å². The molecule has 0 aliphatic rings. The molecule has 0 saturated carbocycles. The first-order valence-corrected chi connectivity index (χ1v) is 7.30. The minimum atomic E-state index is -0.0767. The van der Waals surface area contributed by atoms with Crippen LogP contribution in [-0.2, 0) is 13.2 Å². The van der Waals surface area contributed by atoms with Crippen LogP contribution in [0.4, 0.5) is 0 Å². The fourth-order valence-electron chi connectivity index (χ4n) is 1.97. The van der Waals surface area contributed by atoms with Crippen LogP contribution in [0.1, 0.15) is 36.6 Å². The summed E-state index contributed by atoms with van der Waals surface area (Å²) in [5.74, 6) is 0.241. The average Bonchev–Trinajstić information content (AvgIpc) is 2.69. The summed E-state index contributed by atoms with van der Waals surface area (Å²) >= 11 is 9.70. The van der Waals surface area contributed by atoms with Crippen molar-refractivity contribution in [1.82, 2.24) is 9.78 Å². The molecule has 0 spiro atoms. The summed E-state index contributed by atoms with van der Waals surface area (Å²) in [6, 6.07) is 8.03. The molecule has 0 aliphatic heterocycles. The number of nitrogens with zero attached hydrogens (tertiary/aromatic N) is 2. The molecule has 1 heterocycles. The van der Waals surface area contributed by atoms with Crippen LogP contribution in [0.25, 0.3) is 0 Å². The zero-order chi connectivity index (χ0) is 14.0. The maximum atomic E-state index is 9.42. The SMILES string of the molecule is CC(C)c1nn(Cc2ccc(Br)cc2)c(Cl)c1CO. The lowest BCUT2D eigenvalue weighted by atomic mass is 10.1. The molecule has 1 aromatic carbocycles. The first kappa shape index (κ1) is 14.6. The Morgan fingerprint density at radius 1 is 1.32 bits per heavy atom. The van der Waals surface area contributed by atoms with Gasteiger partial charge in [-0.25, -0.2) is 4.68 Å². The van der Waals surface area contributed by atoms with Gasteiger partial charge in [-0.3, -0.25) is 0 Å². The number of hydrogen-bond acceptors (Lipinski definition) is 2. The van der Waals surface area contributed by atoms with E-state index in [1.807, 2.05) is 38.1 Å². The third-order valence-corrected chi connectivity index (χ3v) is 3.92. The molecule has 1 aromatic heterocycles. The second-order valence-corrected chi connectivity index (χ2v) is 6.03. The highest BCUT2D eigenvalue weighted by molar-refractivity contribution is 9.10. The van der Waals surface area contributed by atoms with Gasteiger partial charge >= 0.3 is 0 Å². The van der Waals surface area contributed by atoms with Crippen molar-refractivity contribution in [1.29, 1.82) is 0 Å². The van der Waals surface area contributed by atoms with Crippen molar-refractivity contribution in [2.45, 2.75) is 32.9 Å². The zero-order valence-electron chi connectivity index (χ0n) is 10.9. The Balaban J connectivity index is 2.32. The van der Waals surface area contributed by atoms with E-state index in [1.165, 1.54) is 0 Å². The van der Waals surface area contributed by atoms with Gasteiger partial charge in [0.1, 0.15) is 5.15 Å². The molecular formula is C14H16BrClN2O. The van der Waals surface area contributed by atoms with E-state index in [2.05, 4.69) is 21.0 Å². The van der Waals surface area contributed by atoms with Crippen LogP contribution in [0, 0.1) is 0 Å². The molecule has 19 heavy (non-hydrogen) atoms. The van der Waals surface area contributed by atoms with Gasteiger partial charge in [-0.15, -0.1) is 0 Å². The Hall–Kier alpha value is -0.840. The standard InChI is InChI=1S/C14H16BrClN2O/c1-9(2)13-12(8-19)14(16)18(17-13)7-10-3-5-11(15)6-4-10/h3-6,9,19H,7-8H2,1-2H3. The van der Waals surface area contributed by atoms with Crippen molar-refractivity contribution in [2.24, 2.45) is 0 Å². The molecule has 2 aromatic rings. The van der Waals surface area contributed by atoms with E-state index in [9.17, 15) is 5.11 Å². The van der Waals surface area contributed by atoms with Crippen LogP contribution in [0.3, 0.4) is 0 Å². The molecule has 0 fully saturated rings. The maximum Gasteiger partial charge on any atom is 0.133 e. The molecule has 0 aliphatic carbocycles. The van der Waals surface area contributed by atoms with Gasteiger partial charge in [0.05, 0.1) is 18.8 Å². The average molecular weight is 344 g/mol. The molecule has 0 amide bonds. The van der Waals surface area contributed by atoms with Crippen LogP contribution >= 0.6 is 27.5 Å². The third kappa shape index (κ3) is 3.19. The Morgan fingerprint density at radius 2 is 1.95 bits per heavy atom. The number of halogens is 2. The van der Waals surface area contributed by atoms with Crippen molar-refractivity contribution in [3.8, 4) is 0 Å². The molecule has 0 bridgehead atoms. The summed E-state index contributed by atoms with van der Waals surface area (Å²) in [6.45, 7) is 4.61. The summed E-state index contributed by atoms with van der Waals surface area (Å²) < 4.78 is 2.79. The van der Waals surface area contributed by atoms with Gasteiger partial charge in [0, 0.05) is 10.0 Å². The fraction of sp³-hybridized carbons (Fsp3) is 0.357. The van der Waals surface area contributed by atoms with Crippen LogP contribution in [-0.4, -0.2) is 14.9 Å². The quantitative estimate of drug-likeness (QED) is 0.912. The summed E-state index contributed by atoms with van der Waals surface area (Å²) in [6.07, 6.45) is 0. The van der Waals surface area contributed by atoms with E-state index in [4.69, 9.17) is 11.6 Å². The van der Waals surface area contributed by atoms with Gasteiger partial charge in [0.15, 0.2) is 0 Å². The highest BCUT2D eigenvalue weighted by atomic mass is 79.9. The molecule has 3 nitrogen and oxygen atoms in total. The van der Waals surface area contributed by atoms with Crippen molar-refractivity contribution >= 4 is 27.5 Å². The Kier molecular flexibility index (Phi) is 4.66. The summed E-state index contributed by atoms with van der Waals surface area (Å²) in [7, 11) is 0. The molecule has 0 atom stereocenters. The molecule has 102 valence electrons. The van der Waals surface area contributed by atoms with E-state index < -0.39 is 0 Å². The first-order chi connectivity index (χ1) is 9.02. The minimum absolute atomic E-state index is 0.0767. The smallest absolute Gasteiger partial charge is 0.133 e. The first-order valence-electron chi connectivity index (χ1n) is 6.13. The predicted octanol–water partition coefficient (Wildman–Crippen LogP) is 3.96. The number of aliphatic hydroxyl groups is 1. The Morgan fingerprint density at radius 3 is 2.42 bits per heavy atom. The molecular weight excluding hydrogens is 328 g/mol. The lowest BCUT2D eigenvalue weighted by Crippen LogP contribution is -2.02. The Bertz CT molecular complexity index is 564. The molecule has 1 N–H and O–H groups in total. The molecule has 0 radical (unpaired) electrons. The van der Waals surface area contributed by atoms with E-state index >= 15 is 0 Å². The molecule has 2 rings (SSSR count). The van der Waals surface area contributed by atoms with Gasteiger partial charge in [0.25, 0.3) is 0 Å². The van der Waals surface area contributed by atoms with Crippen LogP contribution in [0.5, 0.6) is 0 Å². The second-order valence-electron chi connectivity index (χ2n) is 4.75. The van der Waals surface area contributed by atoms with E-state index in [1.54, 1.807) is 4.68 Å². The number of rotatable bonds is 4. The minimum Gasteiger partial charge on any atom is -0.391 e. The highest BCUT2D eigenvalue weighted by Crippen LogP contribution is 2.26. The van der Waals surface area contributed by atoms with E-state index in [0.29, 0.717) is 11.7 Å². The topological polar surface area (TPSA) is 38.0 Å². The predicted molar refractivity (Wildman–Crippen MR) is 80.5 cm³/mol. The second kappa shape index (κ2) is 6.07. The number of aromatic nitrogens is 2. The molecule has 0 saturated heterocycles. The summed E-state index contributed by atoms with van der Waals surface area (Å²) in [5.41, 5.74) is 2.71. The van der Waals surface area contributed by atoms with E-state index in [0.717, 1.165) is 21.3 Å². The van der Waals surface area contributed by atoms with Crippen molar-refractivity contribution in [3.05, 3.63) is 50.7 Å². The highest BCUT2D eigenvalue weighted by Gasteiger charge is 2.17. The maximum absolute atomic E-state index is 9.42. The lowest BCUT2D eigenvalue weighted by Gasteiger charge is -2.04. The fourth-order valence-corrected chi connectivity index (χ4v) is 2.49. The summed E-state index contributed by atoms with van der Waals surface area (Å²) in [5, 5.41) is 14.5. The Labute approximate surface area is 126 Å². The van der Waals surface area contributed by atoms with Gasteiger partial charge in [-0.2, -0.15) is 5.10 Å². The van der Waals surface area contributed by atoms with Crippen molar-refractivity contribution < 1.29 is 5.11 Å². The number of hydrogen-bond donors (Lipinski definition) is 1.